The molecule has 0 atom stereocenters. The topological polar surface area (TPSA) is 77.3 Å². The number of nitrogens with zero attached hydrogens (tertiary/aromatic N) is 1. The Bertz CT molecular complexity index is 796. The normalized spacial score (nSPS) is 12.0. The number of furan rings is 1. The molecule has 0 aliphatic carbocycles. The largest absolute Gasteiger partial charge is 0.493 e. The summed E-state index contributed by atoms with van der Waals surface area (Å²) in [5.41, 5.74) is 0.773. The van der Waals surface area contributed by atoms with E-state index in [0.717, 1.165) is 17.7 Å². The number of halogens is 3. The minimum Gasteiger partial charge on any atom is -0.493 e. The van der Waals surface area contributed by atoms with Gasteiger partial charge in [0.25, 0.3) is 0 Å². The molecule has 31 heavy (non-hydrogen) atoms. The third-order valence-corrected chi connectivity index (χ3v) is 3.97. The Morgan fingerprint density at radius 1 is 1.16 bits per heavy atom. The van der Waals surface area contributed by atoms with Crippen LogP contribution in [0.4, 0.5) is 13.2 Å². The molecule has 7 nitrogen and oxygen atoms in total. The third kappa shape index (κ3) is 9.65. The number of benzene rings is 1. The molecule has 2 N–H and O–H groups in total. The van der Waals surface area contributed by atoms with Crippen molar-refractivity contribution in [1.82, 2.24) is 10.6 Å². The summed E-state index contributed by atoms with van der Waals surface area (Å²) < 4.78 is 57.8. The van der Waals surface area contributed by atoms with E-state index in [9.17, 15) is 13.2 Å². The van der Waals surface area contributed by atoms with Crippen LogP contribution in [0.25, 0.3) is 0 Å². The van der Waals surface area contributed by atoms with E-state index in [4.69, 9.17) is 18.6 Å². The molecule has 172 valence electrons. The van der Waals surface area contributed by atoms with Crippen LogP contribution in [0.5, 0.6) is 11.5 Å². The summed E-state index contributed by atoms with van der Waals surface area (Å²) in [6, 6.07) is 8.40. The van der Waals surface area contributed by atoms with Gasteiger partial charge in [0.05, 0.1) is 19.9 Å². The second-order valence-electron chi connectivity index (χ2n) is 6.50. The molecule has 2 aromatic rings. The Balaban J connectivity index is 1.81. The molecule has 10 heteroatoms. The Morgan fingerprint density at radius 3 is 2.68 bits per heavy atom. The van der Waals surface area contributed by atoms with Crippen LogP contribution in [0.3, 0.4) is 0 Å². The van der Waals surface area contributed by atoms with Crippen molar-refractivity contribution in [2.24, 2.45) is 4.99 Å². The van der Waals surface area contributed by atoms with Crippen molar-refractivity contribution in [3.05, 3.63) is 47.9 Å². The Labute approximate surface area is 179 Å². The minimum atomic E-state index is -4.41. The van der Waals surface area contributed by atoms with Crippen LogP contribution in [0.2, 0.25) is 0 Å². The molecule has 0 fully saturated rings. The molecular weight excluding hydrogens is 415 g/mol. The van der Waals surface area contributed by atoms with Gasteiger partial charge in [0.2, 0.25) is 0 Å². The molecule has 0 saturated heterocycles. The van der Waals surface area contributed by atoms with Crippen molar-refractivity contribution in [3.63, 3.8) is 0 Å². The summed E-state index contributed by atoms with van der Waals surface area (Å²) in [7, 11) is 1.38. The lowest BCUT2D eigenvalue weighted by atomic mass is 10.2. The van der Waals surface area contributed by atoms with Crippen molar-refractivity contribution in [3.8, 4) is 11.5 Å². The van der Waals surface area contributed by atoms with Gasteiger partial charge in [0.1, 0.15) is 12.4 Å². The summed E-state index contributed by atoms with van der Waals surface area (Å²) >= 11 is 0. The maximum Gasteiger partial charge on any atom is 0.422 e. The first-order chi connectivity index (χ1) is 14.9. The van der Waals surface area contributed by atoms with Gasteiger partial charge in [0, 0.05) is 19.7 Å². The Hall–Kier alpha value is -2.88. The molecule has 2 rings (SSSR count). The summed E-state index contributed by atoms with van der Waals surface area (Å²) in [6.07, 6.45) is -2.02. The van der Waals surface area contributed by atoms with Crippen LogP contribution in [0, 0.1) is 0 Å². The molecule has 0 saturated carbocycles. The molecule has 0 radical (unpaired) electrons. The second kappa shape index (κ2) is 12.7. The Kier molecular flexibility index (Phi) is 10.0. The molecule has 0 aliphatic heterocycles. The van der Waals surface area contributed by atoms with Crippen LogP contribution < -0.4 is 20.1 Å². The van der Waals surface area contributed by atoms with Gasteiger partial charge in [-0.2, -0.15) is 13.2 Å². The highest BCUT2D eigenvalue weighted by atomic mass is 19.4. The first-order valence-electron chi connectivity index (χ1n) is 9.90. The molecule has 0 unspecified atom stereocenters. The van der Waals surface area contributed by atoms with Gasteiger partial charge in [-0.05, 0) is 43.2 Å². The van der Waals surface area contributed by atoms with Crippen molar-refractivity contribution in [2.45, 2.75) is 32.7 Å². The molecule has 1 heterocycles. The number of hydrogen-bond donors (Lipinski definition) is 2. The molecule has 0 amide bonds. The SMILES string of the molecule is CCNC(=NCc1ccc(OCC(F)(F)F)c(OC)c1)NCCCOCc1ccco1. The lowest BCUT2D eigenvalue weighted by Gasteiger charge is -2.14. The van der Waals surface area contributed by atoms with E-state index in [0.29, 0.717) is 38.8 Å². The van der Waals surface area contributed by atoms with E-state index in [2.05, 4.69) is 15.6 Å². The summed E-state index contributed by atoms with van der Waals surface area (Å²) in [5.74, 6) is 1.67. The zero-order chi connectivity index (χ0) is 22.5. The predicted molar refractivity (Wildman–Crippen MR) is 110 cm³/mol. The number of alkyl halides is 3. The second-order valence-corrected chi connectivity index (χ2v) is 6.50. The molecule has 0 spiro atoms. The van der Waals surface area contributed by atoms with E-state index in [1.54, 1.807) is 18.4 Å². The first kappa shape index (κ1) is 24.4. The smallest absolute Gasteiger partial charge is 0.422 e. The van der Waals surface area contributed by atoms with E-state index in [1.807, 2.05) is 19.1 Å². The van der Waals surface area contributed by atoms with Crippen molar-refractivity contribution in [2.75, 3.05) is 33.4 Å². The average molecular weight is 443 g/mol. The van der Waals surface area contributed by atoms with Gasteiger partial charge >= 0.3 is 6.18 Å². The minimum absolute atomic E-state index is 0.0344. The molecule has 0 bridgehead atoms. The number of aliphatic imine (C=N–C) groups is 1. The fraction of sp³-hybridized carbons (Fsp3) is 0.476. The molecule has 0 aliphatic rings. The summed E-state index contributed by atoms with van der Waals surface area (Å²) in [5, 5.41) is 6.36. The Morgan fingerprint density at radius 2 is 2.00 bits per heavy atom. The lowest BCUT2D eigenvalue weighted by molar-refractivity contribution is -0.153. The van der Waals surface area contributed by atoms with E-state index in [1.165, 1.54) is 13.2 Å². The number of hydrogen-bond acceptors (Lipinski definition) is 5. The van der Waals surface area contributed by atoms with E-state index >= 15 is 0 Å². The van der Waals surface area contributed by atoms with Gasteiger partial charge in [-0.1, -0.05) is 6.07 Å². The highest BCUT2D eigenvalue weighted by Crippen LogP contribution is 2.30. The number of rotatable bonds is 12. The van der Waals surface area contributed by atoms with Gasteiger partial charge in [-0.3, -0.25) is 0 Å². The summed E-state index contributed by atoms with van der Waals surface area (Å²) in [6.45, 7) is 3.27. The van der Waals surface area contributed by atoms with E-state index < -0.39 is 12.8 Å². The number of methoxy groups -OCH3 is 1. The zero-order valence-electron chi connectivity index (χ0n) is 17.6. The number of guanidine groups is 1. The van der Waals surface area contributed by atoms with Gasteiger partial charge in [-0.25, -0.2) is 4.99 Å². The fourth-order valence-electron chi connectivity index (χ4n) is 2.55. The van der Waals surface area contributed by atoms with Crippen LogP contribution in [0.1, 0.15) is 24.7 Å². The number of ether oxygens (including phenoxy) is 3. The fourth-order valence-corrected chi connectivity index (χ4v) is 2.55. The first-order valence-corrected chi connectivity index (χ1v) is 9.90. The van der Waals surface area contributed by atoms with Crippen molar-refractivity contribution < 1.29 is 31.8 Å². The monoisotopic (exact) mass is 443 g/mol. The van der Waals surface area contributed by atoms with Gasteiger partial charge in [-0.15, -0.1) is 0 Å². The van der Waals surface area contributed by atoms with Crippen LogP contribution in [-0.4, -0.2) is 45.5 Å². The predicted octanol–water partition coefficient (Wildman–Crippen LogP) is 3.89. The van der Waals surface area contributed by atoms with Crippen LogP contribution >= 0.6 is 0 Å². The molecular formula is C21H28F3N3O4. The maximum absolute atomic E-state index is 12.4. The van der Waals surface area contributed by atoms with Gasteiger partial charge in [0.15, 0.2) is 24.1 Å². The molecule has 1 aromatic heterocycles. The van der Waals surface area contributed by atoms with E-state index in [-0.39, 0.29) is 11.5 Å². The van der Waals surface area contributed by atoms with Crippen LogP contribution in [-0.2, 0) is 17.9 Å². The summed E-state index contributed by atoms with van der Waals surface area (Å²) in [4.78, 5) is 4.49. The van der Waals surface area contributed by atoms with Gasteiger partial charge < -0.3 is 29.3 Å². The molecule has 1 aromatic carbocycles. The lowest BCUT2D eigenvalue weighted by Crippen LogP contribution is -2.38. The van der Waals surface area contributed by atoms with Crippen molar-refractivity contribution in [1.29, 1.82) is 0 Å². The van der Waals surface area contributed by atoms with Crippen LogP contribution in [0.15, 0.2) is 46.0 Å². The standard InChI is InChI=1S/C21H28F3N3O4/c1-3-25-20(26-9-5-10-29-14-17-6-4-11-30-17)27-13-16-7-8-18(19(12-16)28-2)31-15-21(22,23)24/h4,6-8,11-12H,3,5,9-10,13-15H2,1-2H3,(H2,25,26,27). The van der Waals surface area contributed by atoms with Crippen molar-refractivity contribution >= 4 is 5.96 Å². The highest BCUT2D eigenvalue weighted by Gasteiger charge is 2.29. The quantitative estimate of drug-likeness (QED) is 0.294. The maximum atomic E-state index is 12.4. The third-order valence-electron chi connectivity index (χ3n) is 3.97. The number of nitrogens with one attached hydrogen (secondary N) is 2. The zero-order valence-corrected chi connectivity index (χ0v) is 17.6. The average Bonchev–Trinajstić information content (AvgIpc) is 3.26. The highest BCUT2D eigenvalue weighted by molar-refractivity contribution is 5.79.